The molecule has 2 rings (SSSR count). The van der Waals surface area contributed by atoms with E-state index in [0.717, 1.165) is 10.0 Å². The molecule has 7 heteroatoms. The second-order valence-corrected chi connectivity index (χ2v) is 6.12. The van der Waals surface area contributed by atoms with Crippen molar-refractivity contribution in [2.75, 3.05) is 7.11 Å². The molecule has 2 aromatic carbocycles. The van der Waals surface area contributed by atoms with Crippen molar-refractivity contribution >= 4 is 28.0 Å². The van der Waals surface area contributed by atoms with E-state index in [9.17, 15) is 14.7 Å². The van der Waals surface area contributed by atoms with Crippen molar-refractivity contribution in [3.05, 3.63) is 70.2 Å². The van der Waals surface area contributed by atoms with E-state index in [1.165, 1.54) is 7.11 Å². The molecule has 1 amide bonds. The van der Waals surface area contributed by atoms with Gasteiger partial charge < -0.3 is 19.9 Å². The fraction of sp³-hybridized carbons (Fsp3) is 0.222. The highest BCUT2D eigenvalue weighted by molar-refractivity contribution is 9.10. The van der Waals surface area contributed by atoms with Crippen LogP contribution >= 0.6 is 15.9 Å². The Balaban J connectivity index is 2.02. The summed E-state index contributed by atoms with van der Waals surface area (Å²) >= 11 is 3.29. The van der Waals surface area contributed by atoms with Gasteiger partial charge >= 0.3 is 12.1 Å². The number of amides is 1. The molecule has 25 heavy (non-hydrogen) atoms. The van der Waals surface area contributed by atoms with Crippen LogP contribution in [0.5, 0.6) is 0 Å². The fourth-order valence-corrected chi connectivity index (χ4v) is 2.40. The number of hydrogen-bond donors (Lipinski definition) is 2. The van der Waals surface area contributed by atoms with Gasteiger partial charge in [0.25, 0.3) is 0 Å². The van der Waals surface area contributed by atoms with Gasteiger partial charge in [0, 0.05) is 4.47 Å². The van der Waals surface area contributed by atoms with Crippen LogP contribution in [0.15, 0.2) is 59.1 Å². The fourth-order valence-electron chi connectivity index (χ4n) is 2.14. The minimum absolute atomic E-state index is 0.0505. The first-order valence-corrected chi connectivity index (χ1v) is 8.29. The summed E-state index contributed by atoms with van der Waals surface area (Å²) in [5, 5.41) is 12.8. The number of nitrogens with one attached hydrogen (secondary N) is 1. The van der Waals surface area contributed by atoms with Crippen LogP contribution in [0, 0.1) is 0 Å². The monoisotopic (exact) mass is 407 g/mol. The number of rotatable bonds is 6. The van der Waals surface area contributed by atoms with Gasteiger partial charge in [0.15, 0.2) is 6.04 Å². The van der Waals surface area contributed by atoms with Gasteiger partial charge in [-0.3, -0.25) is 0 Å². The summed E-state index contributed by atoms with van der Waals surface area (Å²) < 4.78 is 10.6. The van der Waals surface area contributed by atoms with E-state index >= 15 is 0 Å². The Morgan fingerprint density at radius 1 is 1.12 bits per heavy atom. The Hall–Kier alpha value is -2.38. The van der Waals surface area contributed by atoms with E-state index < -0.39 is 24.2 Å². The van der Waals surface area contributed by atoms with E-state index in [1.54, 1.807) is 24.3 Å². The molecule has 2 atom stereocenters. The van der Waals surface area contributed by atoms with Gasteiger partial charge in [-0.05, 0) is 23.3 Å². The van der Waals surface area contributed by atoms with Gasteiger partial charge in [0.05, 0.1) is 7.11 Å². The Morgan fingerprint density at radius 2 is 1.76 bits per heavy atom. The van der Waals surface area contributed by atoms with Crippen molar-refractivity contribution in [3.8, 4) is 0 Å². The van der Waals surface area contributed by atoms with Crippen molar-refractivity contribution < 1.29 is 24.2 Å². The highest BCUT2D eigenvalue weighted by Gasteiger charge is 2.31. The van der Waals surface area contributed by atoms with Crippen LogP contribution in [-0.2, 0) is 20.9 Å². The molecule has 0 aliphatic carbocycles. The van der Waals surface area contributed by atoms with Crippen molar-refractivity contribution in [2.45, 2.75) is 18.8 Å². The van der Waals surface area contributed by atoms with Crippen LogP contribution in [0.3, 0.4) is 0 Å². The summed E-state index contributed by atoms with van der Waals surface area (Å²) in [6.45, 7) is 0.0505. The van der Waals surface area contributed by atoms with Crippen LogP contribution < -0.4 is 5.32 Å². The number of carbonyl (C=O) groups excluding carboxylic acids is 2. The minimum Gasteiger partial charge on any atom is -0.467 e. The molecule has 2 aromatic rings. The van der Waals surface area contributed by atoms with Gasteiger partial charge in [-0.25, -0.2) is 9.59 Å². The number of ether oxygens (including phenoxy) is 2. The summed E-state index contributed by atoms with van der Waals surface area (Å²) in [6.07, 6.45) is -2.10. The summed E-state index contributed by atoms with van der Waals surface area (Å²) in [5.41, 5.74) is 1.27. The molecular weight excluding hydrogens is 390 g/mol. The average Bonchev–Trinajstić information content (AvgIpc) is 2.64. The summed E-state index contributed by atoms with van der Waals surface area (Å²) in [6, 6.07) is 14.6. The van der Waals surface area contributed by atoms with E-state index in [2.05, 4.69) is 26.0 Å². The zero-order valence-corrected chi connectivity index (χ0v) is 15.1. The molecule has 0 heterocycles. The molecule has 0 aliphatic rings. The molecule has 0 fully saturated rings. The van der Waals surface area contributed by atoms with Crippen molar-refractivity contribution in [1.82, 2.24) is 5.32 Å². The molecule has 0 saturated heterocycles. The Labute approximate surface area is 153 Å². The lowest BCUT2D eigenvalue weighted by atomic mass is 10.0. The third kappa shape index (κ3) is 5.58. The minimum atomic E-state index is -1.28. The standard InChI is InChI=1S/C18H18BrNO5/c1-24-17(22)15(16(21)13-7-9-14(19)10-8-13)20-18(23)25-11-12-5-3-2-4-6-12/h2-10,15-16,21H,11H2,1H3,(H,20,23)/t15-,16+/m0/s1. The van der Waals surface area contributed by atoms with Gasteiger partial charge in [-0.2, -0.15) is 0 Å². The van der Waals surface area contributed by atoms with E-state index in [1.807, 2.05) is 30.3 Å². The third-order valence-corrected chi connectivity index (χ3v) is 4.00. The summed E-state index contributed by atoms with van der Waals surface area (Å²) in [7, 11) is 1.18. The van der Waals surface area contributed by atoms with Crippen LogP contribution in [0.25, 0.3) is 0 Å². The number of carbonyl (C=O) groups is 2. The Bertz CT molecular complexity index is 705. The highest BCUT2D eigenvalue weighted by Crippen LogP contribution is 2.20. The Kier molecular flexibility index (Phi) is 6.97. The van der Waals surface area contributed by atoms with Crippen LogP contribution in [0.1, 0.15) is 17.2 Å². The lowest BCUT2D eigenvalue weighted by Crippen LogP contribution is -2.45. The largest absolute Gasteiger partial charge is 0.467 e. The summed E-state index contributed by atoms with van der Waals surface area (Å²) in [5.74, 6) is -0.771. The van der Waals surface area contributed by atoms with Gasteiger partial charge in [-0.1, -0.05) is 58.4 Å². The molecule has 0 radical (unpaired) electrons. The normalized spacial score (nSPS) is 12.8. The predicted molar refractivity (Wildman–Crippen MR) is 94.7 cm³/mol. The molecule has 0 unspecified atom stereocenters. The maximum absolute atomic E-state index is 12.0. The molecule has 0 aromatic heterocycles. The lowest BCUT2D eigenvalue weighted by molar-refractivity contribution is -0.146. The average molecular weight is 408 g/mol. The van der Waals surface area contributed by atoms with E-state index in [0.29, 0.717) is 5.56 Å². The number of benzene rings is 2. The molecule has 0 bridgehead atoms. The van der Waals surface area contributed by atoms with Gasteiger partial charge in [0.2, 0.25) is 0 Å². The number of methoxy groups -OCH3 is 1. The number of hydrogen-bond acceptors (Lipinski definition) is 5. The maximum Gasteiger partial charge on any atom is 0.408 e. The first-order valence-electron chi connectivity index (χ1n) is 7.50. The smallest absolute Gasteiger partial charge is 0.408 e. The number of esters is 1. The van der Waals surface area contributed by atoms with Crippen molar-refractivity contribution in [3.63, 3.8) is 0 Å². The van der Waals surface area contributed by atoms with Gasteiger partial charge in [0.1, 0.15) is 12.7 Å². The lowest BCUT2D eigenvalue weighted by Gasteiger charge is -2.22. The topological polar surface area (TPSA) is 84.9 Å². The van der Waals surface area contributed by atoms with Gasteiger partial charge in [-0.15, -0.1) is 0 Å². The maximum atomic E-state index is 12.0. The number of aliphatic hydroxyl groups is 1. The van der Waals surface area contributed by atoms with Crippen LogP contribution in [0.2, 0.25) is 0 Å². The molecule has 132 valence electrons. The molecule has 2 N–H and O–H groups in total. The zero-order chi connectivity index (χ0) is 18.2. The highest BCUT2D eigenvalue weighted by atomic mass is 79.9. The quantitative estimate of drug-likeness (QED) is 0.718. The SMILES string of the molecule is COC(=O)[C@@H](NC(=O)OCc1ccccc1)[C@H](O)c1ccc(Br)cc1. The number of aliphatic hydroxyl groups excluding tert-OH is 1. The molecule has 6 nitrogen and oxygen atoms in total. The van der Waals surface area contributed by atoms with E-state index in [4.69, 9.17) is 4.74 Å². The number of halogens is 1. The van der Waals surface area contributed by atoms with Crippen molar-refractivity contribution in [1.29, 1.82) is 0 Å². The molecular formula is C18H18BrNO5. The van der Waals surface area contributed by atoms with E-state index in [-0.39, 0.29) is 6.61 Å². The first kappa shape index (κ1) is 19.0. The predicted octanol–water partition coefficient (Wildman–Crippen LogP) is 2.95. The van der Waals surface area contributed by atoms with Crippen LogP contribution in [-0.4, -0.2) is 30.3 Å². The second-order valence-electron chi connectivity index (χ2n) is 5.20. The third-order valence-electron chi connectivity index (χ3n) is 3.47. The number of alkyl carbamates (subject to hydrolysis) is 1. The summed E-state index contributed by atoms with van der Waals surface area (Å²) in [4.78, 5) is 23.9. The molecule has 0 spiro atoms. The van der Waals surface area contributed by atoms with Crippen molar-refractivity contribution in [2.24, 2.45) is 0 Å². The first-order chi connectivity index (χ1) is 12.0. The Morgan fingerprint density at radius 3 is 2.36 bits per heavy atom. The molecule has 0 saturated carbocycles. The zero-order valence-electron chi connectivity index (χ0n) is 13.5. The van der Waals surface area contributed by atoms with Crippen LogP contribution in [0.4, 0.5) is 4.79 Å². The molecule has 0 aliphatic heterocycles. The second kappa shape index (κ2) is 9.19.